The van der Waals surface area contributed by atoms with Gasteiger partial charge >= 0.3 is 0 Å². The van der Waals surface area contributed by atoms with Gasteiger partial charge in [0.05, 0.1) is 5.56 Å². The number of aryl methyl sites for hydroxylation is 1. The van der Waals surface area contributed by atoms with E-state index in [2.05, 4.69) is 42.7 Å². The Hall–Kier alpha value is -2.03. The van der Waals surface area contributed by atoms with Crippen LogP contribution in [-0.2, 0) is 19.5 Å². The fourth-order valence-electron chi connectivity index (χ4n) is 3.34. The van der Waals surface area contributed by atoms with E-state index in [1.54, 1.807) is 0 Å². The van der Waals surface area contributed by atoms with Gasteiger partial charge in [-0.05, 0) is 44.4 Å². The highest BCUT2D eigenvalue weighted by Gasteiger charge is 2.24. The molecule has 0 aliphatic carbocycles. The zero-order valence-corrected chi connectivity index (χ0v) is 13.0. The van der Waals surface area contributed by atoms with E-state index in [-0.39, 0.29) is 5.91 Å². The van der Waals surface area contributed by atoms with E-state index >= 15 is 0 Å². The van der Waals surface area contributed by atoms with E-state index in [0.29, 0.717) is 0 Å². The normalized spacial score (nSPS) is 14.1. The van der Waals surface area contributed by atoms with Crippen LogP contribution in [0.3, 0.4) is 0 Å². The molecule has 0 unspecified atom stereocenters. The molecule has 0 saturated heterocycles. The molecule has 3 nitrogen and oxygen atoms in total. The molecule has 0 saturated carbocycles. The van der Waals surface area contributed by atoms with E-state index in [9.17, 15) is 4.79 Å². The van der Waals surface area contributed by atoms with Gasteiger partial charge in [-0.15, -0.1) is 0 Å². The summed E-state index contributed by atoms with van der Waals surface area (Å²) in [4.78, 5) is 14.8. The Morgan fingerprint density at radius 1 is 1.19 bits per heavy atom. The lowest BCUT2D eigenvalue weighted by Crippen LogP contribution is -2.36. The van der Waals surface area contributed by atoms with E-state index in [1.807, 2.05) is 17.9 Å². The molecule has 0 atom stereocenters. The number of fused-ring (bicyclic) bond motifs is 1. The predicted molar refractivity (Wildman–Crippen MR) is 84.5 cm³/mol. The van der Waals surface area contributed by atoms with Gasteiger partial charge < -0.3 is 9.47 Å². The molecule has 1 aromatic heterocycles. The summed E-state index contributed by atoms with van der Waals surface area (Å²) in [5.41, 5.74) is 5.75. The average molecular weight is 282 g/mol. The molecular formula is C18H22N2O. The molecule has 110 valence electrons. The van der Waals surface area contributed by atoms with Crippen LogP contribution < -0.4 is 0 Å². The van der Waals surface area contributed by atoms with Crippen molar-refractivity contribution in [1.29, 1.82) is 0 Å². The van der Waals surface area contributed by atoms with Crippen LogP contribution in [0.2, 0.25) is 0 Å². The molecule has 1 aromatic carbocycles. The van der Waals surface area contributed by atoms with Crippen LogP contribution in [0.1, 0.15) is 39.8 Å². The first-order chi connectivity index (χ1) is 10.1. The third-order valence-electron chi connectivity index (χ3n) is 4.54. The maximum atomic E-state index is 12.8. The molecule has 2 aromatic rings. The Morgan fingerprint density at radius 2 is 1.90 bits per heavy atom. The fourth-order valence-corrected chi connectivity index (χ4v) is 3.34. The number of aromatic nitrogens is 1. The number of carbonyl (C=O) groups is 1. The number of hydrogen-bond acceptors (Lipinski definition) is 1. The zero-order chi connectivity index (χ0) is 15.0. The van der Waals surface area contributed by atoms with Gasteiger partial charge in [0, 0.05) is 31.0 Å². The van der Waals surface area contributed by atoms with Crippen LogP contribution in [0.25, 0.3) is 0 Å². The first-order valence-corrected chi connectivity index (χ1v) is 7.64. The number of nitrogens with zero attached hydrogens (tertiary/aromatic N) is 2. The summed E-state index contributed by atoms with van der Waals surface area (Å²) in [6, 6.07) is 10.5. The summed E-state index contributed by atoms with van der Waals surface area (Å²) in [7, 11) is 0. The topological polar surface area (TPSA) is 25.2 Å². The number of benzene rings is 1. The zero-order valence-electron chi connectivity index (χ0n) is 13.0. The molecule has 0 bridgehead atoms. The molecule has 1 amide bonds. The molecule has 1 aliphatic rings. The highest BCUT2D eigenvalue weighted by molar-refractivity contribution is 5.95. The molecule has 2 heterocycles. The Bertz CT molecular complexity index is 685. The maximum absolute atomic E-state index is 12.8. The summed E-state index contributed by atoms with van der Waals surface area (Å²) in [5, 5.41) is 0. The van der Waals surface area contributed by atoms with Crippen molar-refractivity contribution in [3.8, 4) is 0 Å². The third kappa shape index (κ3) is 2.37. The second-order valence-corrected chi connectivity index (χ2v) is 5.77. The summed E-state index contributed by atoms with van der Waals surface area (Å²) in [6.45, 7) is 8.68. The number of hydrogen-bond donors (Lipinski definition) is 0. The van der Waals surface area contributed by atoms with E-state index in [4.69, 9.17) is 0 Å². The Kier molecular flexibility index (Phi) is 3.58. The minimum atomic E-state index is 0.164. The largest absolute Gasteiger partial charge is 0.349 e. The van der Waals surface area contributed by atoms with Crippen LogP contribution in [0.15, 0.2) is 30.3 Å². The van der Waals surface area contributed by atoms with Crippen molar-refractivity contribution in [1.82, 2.24) is 9.47 Å². The first kappa shape index (κ1) is 13.9. The highest BCUT2D eigenvalue weighted by Crippen LogP contribution is 2.23. The second-order valence-electron chi connectivity index (χ2n) is 5.77. The van der Waals surface area contributed by atoms with E-state index in [0.717, 1.165) is 43.0 Å². The van der Waals surface area contributed by atoms with Gasteiger partial charge in [0.2, 0.25) is 0 Å². The summed E-state index contributed by atoms with van der Waals surface area (Å²) in [5.74, 6) is 0.164. The lowest BCUT2D eigenvalue weighted by Gasteiger charge is -2.29. The average Bonchev–Trinajstić information content (AvgIpc) is 2.80. The van der Waals surface area contributed by atoms with Crippen LogP contribution >= 0.6 is 0 Å². The minimum Gasteiger partial charge on any atom is -0.349 e. The molecule has 21 heavy (non-hydrogen) atoms. The van der Waals surface area contributed by atoms with Crippen molar-refractivity contribution < 1.29 is 4.79 Å². The smallest absolute Gasteiger partial charge is 0.255 e. The highest BCUT2D eigenvalue weighted by atomic mass is 16.2. The van der Waals surface area contributed by atoms with Gasteiger partial charge in [0.25, 0.3) is 5.91 Å². The predicted octanol–water partition coefficient (Wildman–Crippen LogP) is 3.32. The van der Waals surface area contributed by atoms with Crippen LogP contribution in [0.5, 0.6) is 0 Å². The van der Waals surface area contributed by atoms with Crippen LogP contribution in [0.4, 0.5) is 0 Å². The number of carbonyl (C=O) groups excluding carboxylic acids is 1. The number of rotatable bonds is 2. The molecule has 0 radical (unpaired) electrons. The van der Waals surface area contributed by atoms with Crippen molar-refractivity contribution in [2.45, 2.75) is 40.3 Å². The van der Waals surface area contributed by atoms with Crippen molar-refractivity contribution in [3.63, 3.8) is 0 Å². The molecule has 0 spiro atoms. The lowest BCUT2D eigenvalue weighted by atomic mass is 9.99. The first-order valence-electron chi connectivity index (χ1n) is 7.64. The molecule has 3 rings (SSSR count). The van der Waals surface area contributed by atoms with Crippen molar-refractivity contribution in [2.75, 3.05) is 6.54 Å². The quantitative estimate of drug-likeness (QED) is 0.829. The van der Waals surface area contributed by atoms with E-state index < -0.39 is 0 Å². The lowest BCUT2D eigenvalue weighted by molar-refractivity contribution is 0.0734. The second kappa shape index (κ2) is 5.40. The standard InChI is InChI=1S/C18H22N2O/c1-4-20-13(2)11-17(14(20)3)18(21)19-10-9-15-7-5-6-8-16(15)12-19/h5-8,11H,4,9-10,12H2,1-3H3. The Labute approximate surface area is 126 Å². The summed E-state index contributed by atoms with van der Waals surface area (Å²) < 4.78 is 2.20. The number of amides is 1. The van der Waals surface area contributed by atoms with Gasteiger partial charge in [-0.2, -0.15) is 0 Å². The Balaban J connectivity index is 1.87. The van der Waals surface area contributed by atoms with Gasteiger partial charge in [-0.1, -0.05) is 24.3 Å². The van der Waals surface area contributed by atoms with Crippen LogP contribution in [-0.4, -0.2) is 21.9 Å². The maximum Gasteiger partial charge on any atom is 0.255 e. The summed E-state index contributed by atoms with van der Waals surface area (Å²) in [6.07, 6.45) is 0.953. The van der Waals surface area contributed by atoms with Crippen molar-refractivity contribution in [3.05, 3.63) is 58.4 Å². The fraction of sp³-hybridized carbons (Fsp3) is 0.389. The minimum absolute atomic E-state index is 0.164. The van der Waals surface area contributed by atoms with Crippen LogP contribution in [0, 0.1) is 13.8 Å². The van der Waals surface area contributed by atoms with Gasteiger partial charge in [0.15, 0.2) is 0 Å². The molecule has 1 aliphatic heterocycles. The van der Waals surface area contributed by atoms with Gasteiger partial charge in [-0.25, -0.2) is 0 Å². The van der Waals surface area contributed by atoms with Gasteiger partial charge in [-0.3, -0.25) is 4.79 Å². The molecular weight excluding hydrogens is 260 g/mol. The molecule has 0 N–H and O–H groups in total. The monoisotopic (exact) mass is 282 g/mol. The van der Waals surface area contributed by atoms with Crippen molar-refractivity contribution in [2.24, 2.45) is 0 Å². The van der Waals surface area contributed by atoms with Crippen molar-refractivity contribution >= 4 is 5.91 Å². The summed E-state index contributed by atoms with van der Waals surface area (Å²) >= 11 is 0. The third-order valence-corrected chi connectivity index (χ3v) is 4.54. The van der Waals surface area contributed by atoms with E-state index in [1.165, 1.54) is 11.1 Å². The van der Waals surface area contributed by atoms with Gasteiger partial charge in [0.1, 0.15) is 0 Å². The Morgan fingerprint density at radius 3 is 2.57 bits per heavy atom. The molecule has 3 heteroatoms. The molecule has 0 fully saturated rings. The SMILES string of the molecule is CCn1c(C)cc(C(=O)N2CCc3ccccc3C2)c1C.